The van der Waals surface area contributed by atoms with Crippen LogP contribution in [0.1, 0.15) is 25.3 Å². The monoisotopic (exact) mass is 307 g/mol. The van der Waals surface area contributed by atoms with Gasteiger partial charge in [-0.2, -0.15) is 0 Å². The van der Waals surface area contributed by atoms with E-state index >= 15 is 0 Å². The van der Waals surface area contributed by atoms with Gasteiger partial charge in [0.05, 0.1) is 6.04 Å². The van der Waals surface area contributed by atoms with Crippen LogP contribution in [0, 0.1) is 0 Å². The smallest absolute Gasteiger partial charge is 0.237 e. The highest BCUT2D eigenvalue weighted by Gasteiger charge is 2.18. The normalized spacial score (nSPS) is 15.2. The molecule has 2 amide bonds. The molecule has 22 heavy (non-hydrogen) atoms. The van der Waals surface area contributed by atoms with Gasteiger partial charge in [0.25, 0.3) is 0 Å². The summed E-state index contributed by atoms with van der Waals surface area (Å²) in [5, 5.41) is 2.83. The molecule has 7 nitrogen and oxygen atoms in total. The Morgan fingerprint density at radius 2 is 2.05 bits per heavy atom. The van der Waals surface area contributed by atoms with Gasteiger partial charge in [-0.25, -0.2) is 0 Å². The zero-order valence-corrected chi connectivity index (χ0v) is 12.5. The summed E-state index contributed by atoms with van der Waals surface area (Å²) in [6.45, 7) is 2.13. The van der Waals surface area contributed by atoms with E-state index in [-0.39, 0.29) is 31.6 Å². The summed E-state index contributed by atoms with van der Waals surface area (Å²) in [6, 6.07) is 4.87. The van der Waals surface area contributed by atoms with Crippen molar-refractivity contribution in [3.63, 3.8) is 0 Å². The maximum absolute atomic E-state index is 11.9. The molecule has 5 N–H and O–H groups in total. The van der Waals surface area contributed by atoms with Crippen LogP contribution in [0.4, 0.5) is 0 Å². The maximum atomic E-state index is 11.9. The van der Waals surface area contributed by atoms with Crippen LogP contribution in [0.5, 0.6) is 11.5 Å². The third kappa shape index (κ3) is 4.36. The molecule has 0 radical (unpaired) electrons. The molecular formula is C15H21N3O4. The molecule has 0 fully saturated rings. The number of benzene rings is 1. The van der Waals surface area contributed by atoms with Crippen LogP contribution in [-0.4, -0.2) is 30.7 Å². The lowest BCUT2D eigenvalue weighted by molar-refractivity contribution is -0.123. The molecule has 2 atom stereocenters. The highest BCUT2D eigenvalue weighted by molar-refractivity contribution is 5.82. The van der Waals surface area contributed by atoms with Crippen molar-refractivity contribution in [2.45, 2.75) is 38.3 Å². The predicted molar refractivity (Wildman–Crippen MR) is 80.3 cm³/mol. The molecule has 1 aromatic rings. The Morgan fingerprint density at radius 1 is 1.32 bits per heavy atom. The van der Waals surface area contributed by atoms with Crippen LogP contribution in [0.25, 0.3) is 0 Å². The Balaban J connectivity index is 1.83. The molecule has 1 aliphatic heterocycles. The number of ether oxygens (including phenoxy) is 2. The van der Waals surface area contributed by atoms with Crippen molar-refractivity contribution in [2.75, 3.05) is 6.79 Å². The molecule has 0 saturated heterocycles. The molecule has 7 heteroatoms. The van der Waals surface area contributed by atoms with Gasteiger partial charge in [-0.05, 0) is 37.5 Å². The largest absolute Gasteiger partial charge is 0.454 e. The van der Waals surface area contributed by atoms with Crippen LogP contribution < -0.4 is 26.3 Å². The molecule has 0 bridgehead atoms. The Bertz CT molecular complexity index is 562. The molecule has 120 valence electrons. The molecule has 1 aromatic carbocycles. The Kier molecular flexibility index (Phi) is 5.21. The van der Waals surface area contributed by atoms with E-state index in [1.165, 1.54) is 0 Å². The quantitative estimate of drug-likeness (QED) is 0.658. The van der Waals surface area contributed by atoms with Gasteiger partial charge in [0.2, 0.25) is 18.6 Å². The molecule has 2 rings (SSSR count). The van der Waals surface area contributed by atoms with E-state index in [4.69, 9.17) is 20.9 Å². The van der Waals surface area contributed by atoms with Crippen molar-refractivity contribution in [1.29, 1.82) is 0 Å². The highest BCUT2D eigenvalue weighted by Crippen LogP contribution is 2.32. The van der Waals surface area contributed by atoms with Crippen molar-refractivity contribution >= 4 is 11.8 Å². The number of nitrogens with one attached hydrogen (secondary N) is 1. The average molecular weight is 307 g/mol. The summed E-state index contributed by atoms with van der Waals surface area (Å²) in [4.78, 5) is 22.6. The van der Waals surface area contributed by atoms with Gasteiger partial charge < -0.3 is 26.3 Å². The first kappa shape index (κ1) is 16.1. The van der Waals surface area contributed by atoms with Crippen molar-refractivity contribution in [3.8, 4) is 11.5 Å². The van der Waals surface area contributed by atoms with Gasteiger partial charge in [-0.3, -0.25) is 9.59 Å². The van der Waals surface area contributed by atoms with Crippen LogP contribution in [0.2, 0.25) is 0 Å². The molecule has 1 heterocycles. The summed E-state index contributed by atoms with van der Waals surface area (Å²) in [5.74, 6) is 0.703. The van der Waals surface area contributed by atoms with Gasteiger partial charge in [0.15, 0.2) is 11.5 Å². The van der Waals surface area contributed by atoms with E-state index in [9.17, 15) is 9.59 Å². The van der Waals surface area contributed by atoms with Crippen LogP contribution in [0.15, 0.2) is 18.2 Å². The molecule has 0 aliphatic carbocycles. The lowest BCUT2D eigenvalue weighted by Crippen LogP contribution is -2.45. The van der Waals surface area contributed by atoms with Gasteiger partial charge >= 0.3 is 0 Å². The summed E-state index contributed by atoms with van der Waals surface area (Å²) in [6.07, 6.45) is 0.994. The minimum absolute atomic E-state index is 0.0903. The third-order valence-corrected chi connectivity index (χ3v) is 3.41. The zero-order chi connectivity index (χ0) is 16.1. The summed E-state index contributed by atoms with van der Waals surface area (Å²) < 4.78 is 10.6. The zero-order valence-electron chi connectivity index (χ0n) is 12.5. The summed E-state index contributed by atoms with van der Waals surface area (Å²) in [5.41, 5.74) is 11.8. The first-order valence-electron chi connectivity index (χ1n) is 7.18. The fourth-order valence-electron chi connectivity index (χ4n) is 2.25. The molecule has 0 saturated carbocycles. The molecular weight excluding hydrogens is 286 g/mol. The minimum atomic E-state index is -0.730. The molecule has 1 aliphatic rings. The molecule has 0 spiro atoms. The first-order chi connectivity index (χ1) is 10.5. The number of fused-ring (bicyclic) bond motifs is 1. The van der Waals surface area contributed by atoms with Crippen molar-refractivity contribution < 1.29 is 19.1 Å². The number of rotatable bonds is 7. The lowest BCUT2D eigenvalue weighted by Gasteiger charge is -2.17. The third-order valence-electron chi connectivity index (χ3n) is 3.41. The second kappa shape index (κ2) is 7.13. The number of hydrogen-bond acceptors (Lipinski definition) is 5. The van der Waals surface area contributed by atoms with E-state index in [0.717, 1.165) is 11.3 Å². The first-order valence-corrected chi connectivity index (χ1v) is 7.18. The van der Waals surface area contributed by atoms with Crippen molar-refractivity contribution in [1.82, 2.24) is 5.32 Å². The number of primary amides is 1. The lowest BCUT2D eigenvalue weighted by atomic mass is 10.1. The number of carbonyl (C=O) groups excluding carboxylic acids is 2. The Hall–Kier alpha value is -2.28. The van der Waals surface area contributed by atoms with Gasteiger partial charge in [-0.15, -0.1) is 0 Å². The number of amides is 2. The van der Waals surface area contributed by atoms with E-state index < -0.39 is 11.9 Å². The van der Waals surface area contributed by atoms with Crippen LogP contribution in [-0.2, 0) is 16.0 Å². The van der Waals surface area contributed by atoms with Gasteiger partial charge in [0, 0.05) is 12.5 Å². The molecule has 0 aromatic heterocycles. The van der Waals surface area contributed by atoms with Crippen LogP contribution >= 0.6 is 0 Å². The SMILES string of the molecule is CC(Cc1ccc2c(c1)OCO2)NC(=O)C(N)CCC(N)=O. The average Bonchev–Trinajstić information content (AvgIpc) is 2.91. The van der Waals surface area contributed by atoms with E-state index in [0.29, 0.717) is 12.2 Å². The number of carbonyl (C=O) groups is 2. The van der Waals surface area contributed by atoms with E-state index in [1.54, 1.807) is 0 Å². The van der Waals surface area contributed by atoms with Gasteiger partial charge in [-0.1, -0.05) is 6.07 Å². The van der Waals surface area contributed by atoms with Crippen molar-refractivity contribution in [3.05, 3.63) is 23.8 Å². The fraction of sp³-hybridized carbons (Fsp3) is 0.467. The predicted octanol–water partition coefficient (Wildman–Crippen LogP) is 0.0553. The van der Waals surface area contributed by atoms with Crippen molar-refractivity contribution in [2.24, 2.45) is 11.5 Å². The van der Waals surface area contributed by atoms with Gasteiger partial charge in [0.1, 0.15) is 0 Å². The number of nitrogens with two attached hydrogens (primary N) is 2. The van der Waals surface area contributed by atoms with E-state index in [1.807, 2.05) is 25.1 Å². The summed E-state index contributed by atoms with van der Waals surface area (Å²) >= 11 is 0. The maximum Gasteiger partial charge on any atom is 0.237 e. The van der Waals surface area contributed by atoms with E-state index in [2.05, 4.69) is 5.32 Å². The van der Waals surface area contributed by atoms with Crippen LogP contribution in [0.3, 0.4) is 0 Å². The fourth-order valence-corrected chi connectivity index (χ4v) is 2.25. The Morgan fingerprint density at radius 3 is 2.77 bits per heavy atom. The second-order valence-electron chi connectivity index (χ2n) is 5.41. The topological polar surface area (TPSA) is 117 Å². The molecule has 2 unspecified atom stereocenters. The minimum Gasteiger partial charge on any atom is -0.454 e. The number of hydrogen-bond donors (Lipinski definition) is 3. The highest BCUT2D eigenvalue weighted by atomic mass is 16.7. The Labute approximate surface area is 128 Å². The standard InChI is InChI=1S/C15H21N3O4/c1-9(18-15(20)11(16)3-5-14(17)19)6-10-2-4-12-13(7-10)22-8-21-12/h2,4,7,9,11H,3,5-6,8,16H2,1H3,(H2,17,19)(H,18,20). The second-order valence-corrected chi connectivity index (χ2v) is 5.41. The summed E-state index contributed by atoms with van der Waals surface area (Å²) in [7, 11) is 0.